The molecule has 1 saturated heterocycles. The summed E-state index contributed by atoms with van der Waals surface area (Å²) in [5, 5.41) is 7.44. The van der Waals surface area contributed by atoms with Gasteiger partial charge in [-0.1, -0.05) is 5.16 Å². The third-order valence-electron chi connectivity index (χ3n) is 3.90. The molecule has 3 rings (SSSR count). The largest absolute Gasteiger partial charge is 0.334 e. The second-order valence-corrected chi connectivity index (χ2v) is 5.66. The Kier molecular flexibility index (Phi) is 3.60. The Labute approximate surface area is 122 Å². The van der Waals surface area contributed by atoms with Gasteiger partial charge in [0.25, 0.3) is 5.89 Å². The van der Waals surface area contributed by atoms with Crippen LogP contribution in [0, 0.1) is 0 Å². The molecule has 21 heavy (non-hydrogen) atoms. The van der Waals surface area contributed by atoms with E-state index in [1.54, 1.807) is 12.3 Å². The second kappa shape index (κ2) is 5.42. The van der Waals surface area contributed by atoms with E-state index in [0.717, 1.165) is 26.2 Å². The van der Waals surface area contributed by atoms with Crippen molar-refractivity contribution in [2.24, 2.45) is 0 Å². The molecular weight excluding hydrogens is 270 g/mol. The first kappa shape index (κ1) is 14.0. The fourth-order valence-electron chi connectivity index (χ4n) is 2.53. The van der Waals surface area contributed by atoms with Crippen molar-refractivity contribution >= 4 is 0 Å². The maximum absolute atomic E-state index is 11.4. The molecule has 112 valence electrons. The molecular formula is C14H19N5O2. The van der Waals surface area contributed by atoms with Crippen molar-refractivity contribution in [2.75, 3.05) is 26.2 Å². The Balaban J connectivity index is 1.88. The van der Waals surface area contributed by atoms with E-state index in [-0.39, 0.29) is 11.1 Å². The molecule has 1 aliphatic rings. The van der Waals surface area contributed by atoms with Crippen molar-refractivity contribution in [1.82, 2.24) is 25.3 Å². The highest BCUT2D eigenvalue weighted by atomic mass is 16.5. The molecule has 0 aliphatic carbocycles. The van der Waals surface area contributed by atoms with Gasteiger partial charge in [-0.2, -0.15) is 4.98 Å². The van der Waals surface area contributed by atoms with E-state index in [1.807, 2.05) is 0 Å². The lowest BCUT2D eigenvalue weighted by atomic mass is 10.0. The first-order chi connectivity index (χ1) is 10.1. The van der Waals surface area contributed by atoms with E-state index >= 15 is 0 Å². The summed E-state index contributed by atoms with van der Waals surface area (Å²) in [5.41, 5.74) is 0.146. The quantitative estimate of drug-likeness (QED) is 0.859. The van der Waals surface area contributed by atoms with Gasteiger partial charge in [0.1, 0.15) is 0 Å². The van der Waals surface area contributed by atoms with Gasteiger partial charge < -0.3 is 14.8 Å². The average molecular weight is 289 g/mol. The van der Waals surface area contributed by atoms with Crippen LogP contribution in [0.3, 0.4) is 0 Å². The van der Waals surface area contributed by atoms with Crippen molar-refractivity contribution < 1.29 is 4.52 Å². The maximum Gasteiger partial charge on any atom is 0.258 e. The monoisotopic (exact) mass is 289 g/mol. The minimum atomic E-state index is -0.301. The summed E-state index contributed by atoms with van der Waals surface area (Å²) in [6, 6.07) is 3.20. The van der Waals surface area contributed by atoms with Crippen LogP contribution in [-0.4, -0.2) is 46.2 Å². The highest BCUT2D eigenvalue weighted by molar-refractivity contribution is 5.51. The highest BCUT2D eigenvalue weighted by Crippen LogP contribution is 2.27. The minimum Gasteiger partial charge on any atom is -0.334 e. The summed E-state index contributed by atoms with van der Waals surface area (Å²) in [6.45, 7) is 7.99. The van der Waals surface area contributed by atoms with Crippen LogP contribution in [0.2, 0.25) is 0 Å². The summed E-state index contributed by atoms with van der Waals surface area (Å²) < 4.78 is 5.33. The standard InChI is InChI=1S/C14H19N5O2/c1-14(2,19-7-5-15-6-8-19)13-17-12(21-18-13)10-3-4-16-11(20)9-10/h3-4,9,15H,5-8H2,1-2H3,(H,16,20). The van der Waals surface area contributed by atoms with Crippen LogP contribution in [-0.2, 0) is 5.54 Å². The number of nitrogens with one attached hydrogen (secondary N) is 2. The van der Waals surface area contributed by atoms with E-state index in [1.165, 1.54) is 6.07 Å². The number of aromatic nitrogens is 3. The number of hydrogen-bond acceptors (Lipinski definition) is 6. The Morgan fingerprint density at radius 3 is 2.81 bits per heavy atom. The van der Waals surface area contributed by atoms with Crippen LogP contribution < -0.4 is 10.9 Å². The number of aromatic amines is 1. The normalized spacial score (nSPS) is 17.0. The van der Waals surface area contributed by atoms with Gasteiger partial charge in [0.2, 0.25) is 5.56 Å². The van der Waals surface area contributed by atoms with Crippen LogP contribution in [0.25, 0.3) is 11.5 Å². The van der Waals surface area contributed by atoms with Crippen LogP contribution >= 0.6 is 0 Å². The third-order valence-corrected chi connectivity index (χ3v) is 3.90. The lowest BCUT2D eigenvalue weighted by molar-refractivity contribution is 0.0925. The minimum absolute atomic E-state index is 0.186. The van der Waals surface area contributed by atoms with Crippen LogP contribution in [0.1, 0.15) is 19.7 Å². The number of piperazine rings is 1. The van der Waals surface area contributed by atoms with E-state index in [4.69, 9.17) is 4.52 Å². The smallest absolute Gasteiger partial charge is 0.258 e. The van der Waals surface area contributed by atoms with Gasteiger partial charge in [0.05, 0.1) is 5.54 Å². The molecule has 2 N–H and O–H groups in total. The lowest BCUT2D eigenvalue weighted by Gasteiger charge is -2.38. The zero-order valence-corrected chi connectivity index (χ0v) is 12.2. The molecule has 0 spiro atoms. The van der Waals surface area contributed by atoms with Crippen LogP contribution in [0.15, 0.2) is 27.6 Å². The molecule has 3 heterocycles. The summed E-state index contributed by atoms with van der Waals surface area (Å²) >= 11 is 0. The first-order valence-corrected chi connectivity index (χ1v) is 7.06. The number of H-pyrrole nitrogens is 1. The molecule has 2 aromatic heterocycles. The summed E-state index contributed by atoms with van der Waals surface area (Å²) in [4.78, 5) is 20.7. The molecule has 0 saturated carbocycles. The molecule has 0 bridgehead atoms. The highest BCUT2D eigenvalue weighted by Gasteiger charge is 2.34. The lowest BCUT2D eigenvalue weighted by Crippen LogP contribution is -2.52. The SMILES string of the molecule is CC(C)(c1noc(-c2cc[nH]c(=O)c2)n1)N1CCNCC1. The average Bonchev–Trinajstić information content (AvgIpc) is 2.99. The van der Waals surface area contributed by atoms with Crippen molar-refractivity contribution in [3.8, 4) is 11.5 Å². The second-order valence-electron chi connectivity index (χ2n) is 5.66. The van der Waals surface area contributed by atoms with Gasteiger partial charge in [-0.15, -0.1) is 0 Å². The van der Waals surface area contributed by atoms with E-state index < -0.39 is 0 Å². The molecule has 7 heteroatoms. The van der Waals surface area contributed by atoms with Crippen molar-refractivity contribution in [2.45, 2.75) is 19.4 Å². The van der Waals surface area contributed by atoms with Crippen LogP contribution in [0.5, 0.6) is 0 Å². The van der Waals surface area contributed by atoms with Gasteiger partial charge >= 0.3 is 0 Å². The predicted octanol–water partition coefficient (Wildman–Crippen LogP) is 0.565. The number of nitrogens with zero attached hydrogens (tertiary/aromatic N) is 3. The molecule has 0 unspecified atom stereocenters. The van der Waals surface area contributed by atoms with E-state index in [9.17, 15) is 4.79 Å². The van der Waals surface area contributed by atoms with Crippen molar-refractivity contribution in [3.63, 3.8) is 0 Å². The molecule has 0 aromatic carbocycles. The van der Waals surface area contributed by atoms with Crippen molar-refractivity contribution in [3.05, 3.63) is 34.5 Å². The number of hydrogen-bond donors (Lipinski definition) is 2. The molecule has 0 radical (unpaired) electrons. The Hall–Kier alpha value is -1.99. The van der Waals surface area contributed by atoms with Gasteiger partial charge in [-0.3, -0.25) is 9.69 Å². The fraction of sp³-hybridized carbons (Fsp3) is 0.500. The molecule has 2 aromatic rings. The fourth-order valence-corrected chi connectivity index (χ4v) is 2.53. The molecule has 7 nitrogen and oxygen atoms in total. The van der Waals surface area contributed by atoms with Crippen LogP contribution in [0.4, 0.5) is 0 Å². The van der Waals surface area contributed by atoms with Gasteiger partial charge in [-0.05, 0) is 19.9 Å². The first-order valence-electron chi connectivity index (χ1n) is 7.06. The van der Waals surface area contributed by atoms with Gasteiger partial charge in [0.15, 0.2) is 5.82 Å². The van der Waals surface area contributed by atoms with E-state index in [2.05, 4.69) is 39.2 Å². The number of pyridine rings is 1. The zero-order chi connectivity index (χ0) is 14.9. The van der Waals surface area contributed by atoms with Gasteiger partial charge in [0, 0.05) is 44.0 Å². The molecule has 1 aliphatic heterocycles. The molecule has 0 atom stereocenters. The Bertz CT molecular complexity index is 670. The third kappa shape index (κ3) is 2.74. The summed E-state index contributed by atoms with van der Waals surface area (Å²) in [6.07, 6.45) is 1.57. The molecule has 0 amide bonds. The molecule has 1 fully saturated rings. The summed E-state index contributed by atoms with van der Waals surface area (Å²) in [5.74, 6) is 1.01. The van der Waals surface area contributed by atoms with Crippen molar-refractivity contribution in [1.29, 1.82) is 0 Å². The number of rotatable bonds is 3. The maximum atomic E-state index is 11.4. The Morgan fingerprint density at radius 2 is 2.10 bits per heavy atom. The Morgan fingerprint density at radius 1 is 1.33 bits per heavy atom. The summed E-state index contributed by atoms with van der Waals surface area (Å²) in [7, 11) is 0. The zero-order valence-electron chi connectivity index (χ0n) is 12.2. The van der Waals surface area contributed by atoms with Gasteiger partial charge in [-0.25, -0.2) is 0 Å². The topological polar surface area (TPSA) is 87.0 Å². The predicted molar refractivity (Wildman–Crippen MR) is 77.8 cm³/mol. The van der Waals surface area contributed by atoms with E-state index in [0.29, 0.717) is 17.3 Å².